The van der Waals surface area contributed by atoms with E-state index in [2.05, 4.69) is 4.79 Å². The van der Waals surface area contributed by atoms with Crippen LogP contribution in [0, 0.1) is 0 Å². The SMILES string of the molecule is [N-]=[N+]=C1C=CC=C(CC(=O)O)C1. The van der Waals surface area contributed by atoms with E-state index in [1.165, 1.54) is 0 Å². The normalized spacial score (nSPS) is 15.3. The highest BCUT2D eigenvalue weighted by Crippen LogP contribution is 2.12. The van der Waals surface area contributed by atoms with Crippen LogP contribution in [0.5, 0.6) is 0 Å². The molecule has 4 heteroatoms. The topological polar surface area (TPSA) is 73.7 Å². The van der Waals surface area contributed by atoms with Gasteiger partial charge in [-0.2, -0.15) is 4.79 Å². The monoisotopic (exact) mass is 164 g/mol. The number of allylic oxidation sites excluding steroid dienone is 3. The second-order valence-electron chi connectivity index (χ2n) is 2.52. The molecule has 1 aliphatic carbocycles. The molecule has 0 amide bonds. The van der Waals surface area contributed by atoms with E-state index in [0.717, 1.165) is 5.57 Å². The Balaban J connectivity index is 2.69. The average Bonchev–Trinajstić information content (AvgIpc) is 2.03. The molecule has 1 aliphatic rings. The molecule has 12 heavy (non-hydrogen) atoms. The third kappa shape index (κ3) is 2.18. The van der Waals surface area contributed by atoms with Gasteiger partial charge in [0.1, 0.15) is 0 Å². The Morgan fingerprint density at radius 3 is 3.08 bits per heavy atom. The Kier molecular flexibility index (Phi) is 2.56. The Labute approximate surface area is 69.4 Å². The molecule has 0 bridgehead atoms. The quantitative estimate of drug-likeness (QED) is 0.488. The largest absolute Gasteiger partial charge is 0.481 e. The minimum atomic E-state index is -0.867. The van der Waals surface area contributed by atoms with E-state index in [-0.39, 0.29) is 6.42 Å². The average molecular weight is 164 g/mol. The molecule has 0 spiro atoms. The third-order valence-corrected chi connectivity index (χ3v) is 1.54. The first-order valence-corrected chi connectivity index (χ1v) is 3.51. The van der Waals surface area contributed by atoms with E-state index in [0.29, 0.717) is 12.1 Å². The van der Waals surface area contributed by atoms with Gasteiger partial charge in [-0.3, -0.25) is 4.79 Å². The van der Waals surface area contributed by atoms with Gasteiger partial charge in [-0.1, -0.05) is 12.2 Å². The van der Waals surface area contributed by atoms with Crippen LogP contribution in [0.1, 0.15) is 12.8 Å². The van der Waals surface area contributed by atoms with E-state index in [1.54, 1.807) is 18.2 Å². The van der Waals surface area contributed by atoms with Crippen LogP contribution in [0.15, 0.2) is 23.8 Å². The first-order chi connectivity index (χ1) is 5.72. The summed E-state index contributed by atoms with van der Waals surface area (Å²) in [5.74, 6) is -0.867. The van der Waals surface area contributed by atoms with Crippen molar-refractivity contribution in [3.8, 4) is 0 Å². The first-order valence-electron chi connectivity index (χ1n) is 3.51. The van der Waals surface area contributed by atoms with Crippen LogP contribution in [0.2, 0.25) is 0 Å². The summed E-state index contributed by atoms with van der Waals surface area (Å²) in [5, 5.41) is 8.46. The molecule has 4 nitrogen and oxygen atoms in total. The fraction of sp³-hybridized carbons (Fsp3) is 0.250. The second kappa shape index (κ2) is 3.64. The molecule has 0 aromatic heterocycles. The van der Waals surface area contributed by atoms with Crippen molar-refractivity contribution in [1.82, 2.24) is 0 Å². The molecular formula is C8H8N2O2. The van der Waals surface area contributed by atoms with Crippen molar-refractivity contribution in [2.75, 3.05) is 0 Å². The molecule has 0 saturated heterocycles. The maximum Gasteiger partial charge on any atom is 0.307 e. The minimum absolute atomic E-state index is 0.00333. The molecule has 1 N–H and O–H groups in total. The molecule has 0 atom stereocenters. The van der Waals surface area contributed by atoms with Gasteiger partial charge >= 0.3 is 5.97 Å². The molecule has 0 aromatic carbocycles. The Morgan fingerprint density at radius 2 is 2.50 bits per heavy atom. The lowest BCUT2D eigenvalue weighted by Gasteiger charge is -2.01. The van der Waals surface area contributed by atoms with E-state index in [9.17, 15) is 4.79 Å². The highest BCUT2D eigenvalue weighted by molar-refractivity contribution is 5.94. The molecule has 62 valence electrons. The van der Waals surface area contributed by atoms with Gasteiger partial charge in [0.25, 0.3) is 5.71 Å². The summed E-state index contributed by atoms with van der Waals surface area (Å²) >= 11 is 0. The van der Waals surface area contributed by atoms with Crippen LogP contribution in [-0.4, -0.2) is 21.6 Å². The van der Waals surface area contributed by atoms with Crippen molar-refractivity contribution in [3.05, 3.63) is 29.3 Å². The molecule has 0 unspecified atom stereocenters. The number of carboxylic acid groups (broad SMARTS) is 1. The van der Waals surface area contributed by atoms with Crippen molar-refractivity contribution < 1.29 is 14.7 Å². The zero-order valence-corrected chi connectivity index (χ0v) is 6.40. The number of rotatable bonds is 2. The summed E-state index contributed by atoms with van der Waals surface area (Å²) in [6.45, 7) is 0. The Morgan fingerprint density at radius 1 is 1.75 bits per heavy atom. The van der Waals surface area contributed by atoms with Crippen LogP contribution in [0.25, 0.3) is 5.53 Å². The first kappa shape index (κ1) is 8.43. The lowest BCUT2D eigenvalue weighted by atomic mass is 10.0. The van der Waals surface area contributed by atoms with Crippen LogP contribution in [0.4, 0.5) is 0 Å². The van der Waals surface area contributed by atoms with Crippen molar-refractivity contribution in [2.45, 2.75) is 12.8 Å². The Bertz CT molecular complexity index is 309. The van der Waals surface area contributed by atoms with Crippen molar-refractivity contribution >= 4 is 11.7 Å². The lowest BCUT2D eigenvalue weighted by Crippen LogP contribution is -2.05. The van der Waals surface area contributed by atoms with Gasteiger partial charge in [-0.15, -0.1) is 0 Å². The summed E-state index contributed by atoms with van der Waals surface area (Å²) in [4.78, 5) is 13.3. The van der Waals surface area contributed by atoms with Crippen molar-refractivity contribution in [1.29, 1.82) is 0 Å². The Hall–Kier alpha value is -1.67. The van der Waals surface area contributed by atoms with Crippen molar-refractivity contribution in [3.63, 3.8) is 0 Å². The van der Waals surface area contributed by atoms with Gasteiger partial charge in [-0.25, -0.2) is 0 Å². The maximum absolute atomic E-state index is 10.3. The molecule has 0 radical (unpaired) electrons. The lowest BCUT2D eigenvalue weighted by molar-refractivity contribution is -0.136. The second-order valence-corrected chi connectivity index (χ2v) is 2.52. The number of carbonyl (C=O) groups is 1. The van der Waals surface area contributed by atoms with Crippen molar-refractivity contribution in [2.24, 2.45) is 0 Å². The van der Waals surface area contributed by atoms with Gasteiger partial charge in [-0.05, 0) is 5.57 Å². The maximum atomic E-state index is 10.3. The summed E-state index contributed by atoms with van der Waals surface area (Å²) < 4.78 is 0. The fourth-order valence-corrected chi connectivity index (χ4v) is 1.03. The zero-order valence-electron chi connectivity index (χ0n) is 6.40. The van der Waals surface area contributed by atoms with E-state index in [1.807, 2.05) is 0 Å². The number of hydrogen-bond donors (Lipinski definition) is 1. The summed E-state index contributed by atoms with van der Waals surface area (Å²) in [5.41, 5.74) is 9.65. The third-order valence-electron chi connectivity index (χ3n) is 1.54. The highest BCUT2D eigenvalue weighted by atomic mass is 16.4. The van der Waals surface area contributed by atoms with Crippen LogP contribution < -0.4 is 0 Å². The molecule has 1 rings (SSSR count). The van der Waals surface area contributed by atoms with Crippen LogP contribution >= 0.6 is 0 Å². The molecular weight excluding hydrogens is 156 g/mol. The van der Waals surface area contributed by atoms with E-state index in [4.69, 9.17) is 10.6 Å². The standard InChI is InChI=1S/C8H8N2O2/c9-10-7-3-1-2-6(4-7)5-8(11)12/h1-3H,4-5H2,(H,11,12). The minimum Gasteiger partial charge on any atom is -0.481 e. The number of carboxylic acids is 1. The number of aliphatic carboxylic acids is 1. The number of nitrogens with zero attached hydrogens (tertiary/aromatic N) is 2. The van der Waals surface area contributed by atoms with Gasteiger partial charge in [0.05, 0.1) is 12.8 Å². The molecule has 0 aromatic rings. The molecule has 0 heterocycles. The number of hydrogen-bond acceptors (Lipinski definition) is 1. The fourth-order valence-electron chi connectivity index (χ4n) is 1.03. The summed E-state index contributed by atoms with van der Waals surface area (Å²) in [6, 6.07) is 0. The van der Waals surface area contributed by atoms with E-state index < -0.39 is 5.97 Å². The van der Waals surface area contributed by atoms with Gasteiger partial charge in [0, 0.05) is 6.08 Å². The molecule has 0 fully saturated rings. The van der Waals surface area contributed by atoms with Gasteiger partial charge < -0.3 is 10.6 Å². The summed E-state index contributed by atoms with van der Waals surface area (Å²) in [7, 11) is 0. The van der Waals surface area contributed by atoms with Gasteiger partial charge in [0.2, 0.25) is 0 Å². The van der Waals surface area contributed by atoms with E-state index >= 15 is 0 Å². The molecule has 0 saturated carbocycles. The van der Waals surface area contributed by atoms with Crippen LogP contribution in [0.3, 0.4) is 0 Å². The van der Waals surface area contributed by atoms with Gasteiger partial charge in [0.15, 0.2) is 0 Å². The van der Waals surface area contributed by atoms with Crippen LogP contribution in [-0.2, 0) is 4.79 Å². The smallest absolute Gasteiger partial charge is 0.307 e. The highest BCUT2D eigenvalue weighted by Gasteiger charge is 2.13. The summed E-state index contributed by atoms with van der Waals surface area (Å²) in [6.07, 6.45) is 5.47. The molecule has 0 aliphatic heterocycles. The predicted molar refractivity (Wildman–Crippen MR) is 42.7 cm³/mol. The predicted octanol–water partition coefficient (Wildman–Crippen LogP) is 1.02. The zero-order chi connectivity index (χ0) is 8.97.